The number of carbonyl (C=O) groups is 3. The number of nitrogens with zero attached hydrogens (tertiary/aromatic N) is 2. The molecule has 0 saturated carbocycles. The zero-order chi connectivity index (χ0) is 27.9. The van der Waals surface area contributed by atoms with Crippen molar-refractivity contribution in [3.05, 3.63) is 35.0 Å². The summed E-state index contributed by atoms with van der Waals surface area (Å²) in [6, 6.07) is 3.91. The second-order valence-electron chi connectivity index (χ2n) is 11.9. The molecule has 2 aliphatic heterocycles. The molecule has 1 amide bonds. The number of fused-ring (bicyclic) bond motifs is 2. The van der Waals surface area contributed by atoms with E-state index in [4.69, 9.17) is 4.74 Å². The normalized spacial score (nSPS) is 22.4. The minimum absolute atomic E-state index is 0.0113. The van der Waals surface area contributed by atoms with Gasteiger partial charge in [-0.1, -0.05) is 71.8 Å². The van der Waals surface area contributed by atoms with Gasteiger partial charge in [0.1, 0.15) is 12.6 Å². The van der Waals surface area contributed by atoms with E-state index in [0.29, 0.717) is 37.5 Å². The van der Waals surface area contributed by atoms with Gasteiger partial charge in [0.05, 0.1) is 11.6 Å². The summed E-state index contributed by atoms with van der Waals surface area (Å²) in [5.41, 5.74) is 4.11. The lowest BCUT2D eigenvalue weighted by Gasteiger charge is -2.27. The van der Waals surface area contributed by atoms with Crippen LogP contribution in [0.5, 0.6) is 0 Å². The van der Waals surface area contributed by atoms with Crippen LogP contribution in [0.3, 0.4) is 0 Å². The third-order valence-corrected chi connectivity index (χ3v) is 8.69. The van der Waals surface area contributed by atoms with E-state index >= 15 is 0 Å². The Morgan fingerprint density at radius 2 is 1.67 bits per heavy atom. The van der Waals surface area contributed by atoms with E-state index in [-0.39, 0.29) is 30.1 Å². The molecule has 39 heavy (non-hydrogen) atoms. The highest BCUT2D eigenvalue weighted by Gasteiger charge is 2.41. The van der Waals surface area contributed by atoms with E-state index in [2.05, 4.69) is 26.0 Å². The molecule has 6 nitrogen and oxygen atoms in total. The maximum absolute atomic E-state index is 13.8. The molecule has 0 radical (unpaired) electrons. The summed E-state index contributed by atoms with van der Waals surface area (Å²) < 4.78 is 8.20. The van der Waals surface area contributed by atoms with Crippen LogP contribution in [0.25, 0.3) is 10.9 Å². The molecule has 4 rings (SSSR count). The Hall–Kier alpha value is -2.47. The summed E-state index contributed by atoms with van der Waals surface area (Å²) in [6.45, 7) is 9.14. The Morgan fingerprint density at radius 1 is 1.00 bits per heavy atom. The van der Waals surface area contributed by atoms with Crippen molar-refractivity contribution in [2.45, 2.75) is 129 Å². The highest BCUT2D eigenvalue weighted by atomic mass is 16.5. The Labute approximate surface area is 234 Å². The first-order valence-corrected chi connectivity index (χ1v) is 15.4. The number of rotatable bonds is 4. The van der Waals surface area contributed by atoms with Crippen molar-refractivity contribution in [2.75, 3.05) is 13.2 Å². The molecule has 2 bridgehead atoms. The summed E-state index contributed by atoms with van der Waals surface area (Å²) in [7, 11) is 0. The van der Waals surface area contributed by atoms with Gasteiger partial charge in [-0.05, 0) is 55.7 Å². The second kappa shape index (κ2) is 13.7. The molecule has 0 spiro atoms. The average Bonchev–Trinajstić information content (AvgIpc) is 3.50. The summed E-state index contributed by atoms with van der Waals surface area (Å²) in [6.07, 6.45) is 14.4. The van der Waals surface area contributed by atoms with Gasteiger partial charge in [-0.2, -0.15) is 0 Å². The summed E-state index contributed by atoms with van der Waals surface area (Å²) in [5.74, 6) is 0.348. The third kappa shape index (κ3) is 7.00. The summed E-state index contributed by atoms with van der Waals surface area (Å²) >= 11 is 0. The number of Topliss-reactive ketones (excluding diaryl/α,β-unsaturated/α-hetero) is 2. The molecule has 2 atom stereocenters. The average molecular weight is 537 g/mol. The molecule has 1 fully saturated rings. The van der Waals surface area contributed by atoms with Gasteiger partial charge in [0, 0.05) is 36.7 Å². The van der Waals surface area contributed by atoms with Gasteiger partial charge in [-0.25, -0.2) is 0 Å². The lowest BCUT2D eigenvalue weighted by atomic mass is 9.94. The molecule has 6 heteroatoms. The fraction of sp³-hybridized carbons (Fsp3) is 0.667. The number of ketones is 2. The van der Waals surface area contributed by atoms with Crippen molar-refractivity contribution >= 4 is 28.4 Å². The Kier molecular flexibility index (Phi) is 10.4. The molecular weight excluding hydrogens is 488 g/mol. The van der Waals surface area contributed by atoms with Crippen LogP contribution in [0.4, 0.5) is 0 Å². The number of benzene rings is 1. The number of aromatic nitrogens is 1. The molecular formula is C33H48N2O4. The first kappa shape index (κ1) is 29.5. The van der Waals surface area contributed by atoms with E-state index in [0.717, 1.165) is 36.6 Å². The maximum atomic E-state index is 13.8. The van der Waals surface area contributed by atoms with E-state index in [1.54, 1.807) is 11.8 Å². The number of aryl methyl sites for hydroxylation is 1. The first-order valence-electron chi connectivity index (χ1n) is 15.4. The van der Waals surface area contributed by atoms with Gasteiger partial charge in [0.25, 0.3) is 0 Å². The smallest absolute Gasteiger partial charge is 0.243 e. The molecule has 2 aliphatic rings. The van der Waals surface area contributed by atoms with E-state index < -0.39 is 6.04 Å². The number of hydrogen-bond acceptors (Lipinski definition) is 4. The predicted octanol–water partition coefficient (Wildman–Crippen LogP) is 7.00. The molecule has 3 heterocycles. The zero-order valence-electron chi connectivity index (χ0n) is 24.6. The van der Waals surface area contributed by atoms with Gasteiger partial charge >= 0.3 is 0 Å². The predicted molar refractivity (Wildman–Crippen MR) is 156 cm³/mol. The largest absolute Gasteiger partial charge is 0.376 e. The molecule has 0 aliphatic carbocycles. The van der Waals surface area contributed by atoms with Gasteiger partial charge in [-0.3, -0.25) is 14.4 Å². The molecule has 2 aromatic rings. The maximum Gasteiger partial charge on any atom is 0.243 e. The van der Waals surface area contributed by atoms with Crippen molar-refractivity contribution in [1.29, 1.82) is 0 Å². The van der Waals surface area contributed by atoms with Crippen molar-refractivity contribution < 1.29 is 19.1 Å². The van der Waals surface area contributed by atoms with E-state index in [9.17, 15) is 14.4 Å². The van der Waals surface area contributed by atoms with Gasteiger partial charge in [-0.15, -0.1) is 0 Å². The zero-order valence-corrected chi connectivity index (χ0v) is 24.6. The Balaban J connectivity index is 1.72. The standard InChI is InChI=1S/C33H48N2O4/c1-5-29(37)33-30-16-17-35(33)31(38)22-34-21-28(24(4)36)27-20-26(23(2)3)19-25(32(27)34)15-13-11-9-7-6-8-10-12-14-18-39-30/h19-21,23,30,33H,5-18,22H2,1-4H3/t30-,33-/m1/s1. The molecule has 0 unspecified atom stereocenters. The van der Waals surface area contributed by atoms with Crippen LogP contribution in [-0.2, 0) is 27.3 Å². The van der Waals surface area contributed by atoms with Crippen LogP contribution >= 0.6 is 0 Å². The number of amides is 1. The fourth-order valence-corrected chi connectivity index (χ4v) is 6.42. The fourth-order valence-electron chi connectivity index (χ4n) is 6.42. The van der Waals surface area contributed by atoms with Gasteiger partial charge < -0.3 is 14.2 Å². The summed E-state index contributed by atoms with van der Waals surface area (Å²) in [4.78, 5) is 41.3. The minimum atomic E-state index is -0.519. The number of carbonyl (C=O) groups excluding carboxylic acids is 3. The SMILES string of the molecule is CCC(=O)[C@@H]1[C@H]2CCN1C(=O)Cn1cc(C(C)=O)c3cc(C(C)C)cc(c31)CCCCCCCCCCCO2. The lowest BCUT2D eigenvalue weighted by molar-refractivity contribution is -0.140. The van der Waals surface area contributed by atoms with Crippen LogP contribution < -0.4 is 0 Å². The van der Waals surface area contributed by atoms with Crippen LogP contribution in [0.1, 0.15) is 126 Å². The van der Waals surface area contributed by atoms with Crippen molar-refractivity contribution in [2.24, 2.45) is 0 Å². The van der Waals surface area contributed by atoms with Crippen LogP contribution in [0.15, 0.2) is 18.3 Å². The van der Waals surface area contributed by atoms with E-state index in [1.807, 2.05) is 17.7 Å². The summed E-state index contributed by atoms with van der Waals surface area (Å²) in [5, 5.41) is 0.947. The third-order valence-electron chi connectivity index (χ3n) is 8.69. The molecule has 214 valence electrons. The number of hydrogen-bond donors (Lipinski definition) is 0. The van der Waals surface area contributed by atoms with Crippen molar-refractivity contribution in [3.63, 3.8) is 0 Å². The number of ether oxygens (including phenoxy) is 1. The van der Waals surface area contributed by atoms with Crippen LogP contribution in [0.2, 0.25) is 0 Å². The monoisotopic (exact) mass is 536 g/mol. The Morgan fingerprint density at radius 3 is 2.31 bits per heavy atom. The second-order valence-corrected chi connectivity index (χ2v) is 11.9. The molecule has 0 N–H and O–H groups in total. The first-order chi connectivity index (χ1) is 18.8. The van der Waals surface area contributed by atoms with Crippen molar-refractivity contribution in [1.82, 2.24) is 9.47 Å². The Bertz CT molecular complexity index is 1160. The van der Waals surface area contributed by atoms with E-state index in [1.165, 1.54) is 49.7 Å². The topological polar surface area (TPSA) is 68.6 Å². The highest BCUT2D eigenvalue weighted by Crippen LogP contribution is 2.32. The van der Waals surface area contributed by atoms with Crippen molar-refractivity contribution in [3.8, 4) is 0 Å². The molecule has 1 aromatic heterocycles. The van der Waals surface area contributed by atoms with Gasteiger partial charge in [0.2, 0.25) is 5.91 Å². The van der Waals surface area contributed by atoms with Gasteiger partial charge in [0.15, 0.2) is 11.6 Å². The lowest BCUT2D eigenvalue weighted by Crippen LogP contribution is -2.46. The van der Waals surface area contributed by atoms with Crippen LogP contribution in [0, 0.1) is 0 Å². The van der Waals surface area contributed by atoms with Crippen LogP contribution in [-0.4, -0.2) is 52.2 Å². The molecule has 1 aromatic carbocycles. The highest BCUT2D eigenvalue weighted by molar-refractivity contribution is 6.08. The molecule has 1 saturated heterocycles. The minimum Gasteiger partial charge on any atom is -0.376 e. The quantitative estimate of drug-likeness (QED) is 0.395.